The van der Waals surface area contributed by atoms with Crippen molar-refractivity contribution in [1.29, 1.82) is 0 Å². The minimum absolute atomic E-state index is 0.177. The van der Waals surface area contributed by atoms with Gasteiger partial charge in [-0.25, -0.2) is 4.79 Å². The summed E-state index contributed by atoms with van der Waals surface area (Å²) in [7, 11) is 0. The number of carbonyl (C=O) groups excluding carboxylic acids is 1. The van der Waals surface area contributed by atoms with Crippen LogP contribution in [0.2, 0.25) is 0 Å². The third-order valence-electron chi connectivity index (χ3n) is 1.83. The molecule has 0 aromatic carbocycles. The second-order valence-corrected chi connectivity index (χ2v) is 2.89. The van der Waals surface area contributed by atoms with Crippen molar-refractivity contribution in [3.63, 3.8) is 0 Å². The highest BCUT2D eigenvalue weighted by molar-refractivity contribution is 5.46. The first-order chi connectivity index (χ1) is 5.22. The molecule has 64 valence electrons. The molecule has 0 radical (unpaired) electrons. The van der Waals surface area contributed by atoms with Gasteiger partial charge in [-0.15, -0.1) is 0 Å². The Bertz CT molecular complexity index is 136. The van der Waals surface area contributed by atoms with E-state index in [1.807, 2.05) is 6.92 Å². The molecule has 1 N–H and O–H groups in total. The van der Waals surface area contributed by atoms with E-state index in [1.165, 1.54) is 6.08 Å². The molecule has 0 bridgehead atoms. The zero-order chi connectivity index (χ0) is 8.69. The Morgan fingerprint density at radius 2 is 2.27 bits per heavy atom. The van der Waals surface area contributed by atoms with Crippen molar-refractivity contribution in [3.05, 3.63) is 6.08 Å². The summed E-state index contributed by atoms with van der Waals surface area (Å²) in [5.41, 5.74) is 0. The van der Waals surface area contributed by atoms with Gasteiger partial charge >= 0.3 is 0 Å². The van der Waals surface area contributed by atoms with E-state index in [0.29, 0.717) is 0 Å². The number of unbranched alkanes of at least 4 members (excludes halogenated alkanes) is 1. The third-order valence-corrected chi connectivity index (χ3v) is 1.83. The number of hydrogen-bond donors (Lipinski definition) is 1. The van der Waals surface area contributed by atoms with E-state index in [4.69, 9.17) is 0 Å². The molecule has 0 spiro atoms. The molecular formula is C9H16O2. The Morgan fingerprint density at radius 1 is 1.64 bits per heavy atom. The molecular weight excluding hydrogens is 140 g/mol. The highest BCUT2D eigenvalue weighted by atomic mass is 16.3. The Hall–Kier alpha value is -0.590. The zero-order valence-electron chi connectivity index (χ0n) is 7.21. The number of hydrogen-bond acceptors (Lipinski definition) is 2. The third kappa shape index (κ3) is 4.77. The van der Waals surface area contributed by atoms with Crippen molar-refractivity contribution >= 4 is 5.94 Å². The Labute approximate surface area is 67.9 Å². The number of aliphatic hydroxyl groups excluding tert-OH is 1. The van der Waals surface area contributed by atoms with Crippen LogP contribution in [0, 0.1) is 5.92 Å². The molecule has 0 aromatic heterocycles. The normalized spacial score (nSPS) is 15.2. The van der Waals surface area contributed by atoms with Gasteiger partial charge in [0, 0.05) is 6.08 Å². The fourth-order valence-corrected chi connectivity index (χ4v) is 0.931. The van der Waals surface area contributed by atoms with Gasteiger partial charge in [0.05, 0.1) is 6.10 Å². The lowest BCUT2D eigenvalue weighted by atomic mass is 9.98. The molecule has 0 saturated heterocycles. The summed E-state index contributed by atoms with van der Waals surface area (Å²) in [5.74, 6) is 1.78. The van der Waals surface area contributed by atoms with Gasteiger partial charge in [-0.1, -0.05) is 26.7 Å². The second-order valence-electron chi connectivity index (χ2n) is 2.89. The fourth-order valence-electron chi connectivity index (χ4n) is 0.931. The van der Waals surface area contributed by atoms with Crippen molar-refractivity contribution < 1.29 is 9.90 Å². The average Bonchev–Trinajstić information content (AvgIpc) is 2.00. The summed E-state index contributed by atoms with van der Waals surface area (Å²) in [6.45, 7) is 4.04. The average molecular weight is 156 g/mol. The molecule has 0 saturated carbocycles. The molecule has 2 nitrogen and oxygen atoms in total. The maximum Gasteiger partial charge on any atom is 0.122 e. The predicted octanol–water partition coefficient (Wildman–Crippen LogP) is 1.56. The topological polar surface area (TPSA) is 37.3 Å². The smallest absolute Gasteiger partial charge is 0.122 e. The molecule has 2 heteroatoms. The minimum Gasteiger partial charge on any atom is -0.388 e. The summed E-state index contributed by atoms with van der Waals surface area (Å²) in [4.78, 5) is 9.85. The van der Waals surface area contributed by atoms with Crippen LogP contribution in [0.4, 0.5) is 0 Å². The molecule has 0 aliphatic heterocycles. The van der Waals surface area contributed by atoms with Gasteiger partial charge in [-0.05, 0) is 12.3 Å². The highest BCUT2D eigenvalue weighted by Gasteiger charge is 2.09. The van der Waals surface area contributed by atoms with E-state index in [1.54, 1.807) is 5.94 Å². The minimum atomic E-state index is -0.612. The monoisotopic (exact) mass is 156 g/mol. The van der Waals surface area contributed by atoms with Crippen LogP contribution >= 0.6 is 0 Å². The molecule has 0 amide bonds. The van der Waals surface area contributed by atoms with Crippen molar-refractivity contribution in [2.75, 3.05) is 0 Å². The quantitative estimate of drug-likeness (QED) is 0.613. The zero-order valence-corrected chi connectivity index (χ0v) is 7.21. The van der Waals surface area contributed by atoms with Gasteiger partial charge in [0.25, 0.3) is 0 Å². The van der Waals surface area contributed by atoms with E-state index in [-0.39, 0.29) is 5.92 Å². The standard InChI is InChI=1S/C9H16O2/c1-3-4-5-8(2)9(11)6-7-10/h6,8-9,11H,3-5H2,1-2H3. The molecule has 0 aliphatic rings. The van der Waals surface area contributed by atoms with Crippen LogP contribution in [0.3, 0.4) is 0 Å². The van der Waals surface area contributed by atoms with Gasteiger partial charge in [0.2, 0.25) is 0 Å². The van der Waals surface area contributed by atoms with E-state index < -0.39 is 6.10 Å². The first kappa shape index (κ1) is 10.4. The van der Waals surface area contributed by atoms with Crippen LogP contribution in [0.5, 0.6) is 0 Å². The highest BCUT2D eigenvalue weighted by Crippen LogP contribution is 2.12. The first-order valence-corrected chi connectivity index (χ1v) is 4.11. The molecule has 0 aliphatic carbocycles. The van der Waals surface area contributed by atoms with Gasteiger partial charge in [-0.2, -0.15) is 0 Å². The number of aliphatic hydroxyl groups is 1. The SMILES string of the molecule is CCCCC(C)C(O)C=C=O. The summed E-state index contributed by atoms with van der Waals surface area (Å²) in [6, 6.07) is 0. The Balaban J connectivity index is 3.62. The van der Waals surface area contributed by atoms with Crippen molar-refractivity contribution in [2.45, 2.75) is 39.2 Å². The second kappa shape index (κ2) is 6.14. The lowest BCUT2D eigenvalue weighted by molar-refractivity contribution is 0.156. The first-order valence-electron chi connectivity index (χ1n) is 4.11. The Kier molecular flexibility index (Phi) is 5.81. The van der Waals surface area contributed by atoms with Crippen molar-refractivity contribution in [3.8, 4) is 0 Å². The van der Waals surface area contributed by atoms with Gasteiger partial charge in [-0.3, -0.25) is 0 Å². The van der Waals surface area contributed by atoms with Crippen LogP contribution in [0.1, 0.15) is 33.1 Å². The van der Waals surface area contributed by atoms with E-state index in [9.17, 15) is 9.90 Å². The van der Waals surface area contributed by atoms with Crippen LogP contribution in [-0.2, 0) is 4.79 Å². The molecule has 0 fully saturated rings. The summed E-state index contributed by atoms with van der Waals surface area (Å²) in [6.07, 6.45) is 3.77. The predicted molar refractivity (Wildman–Crippen MR) is 45.0 cm³/mol. The number of rotatable bonds is 5. The van der Waals surface area contributed by atoms with Crippen LogP contribution < -0.4 is 0 Å². The maximum atomic E-state index is 9.85. The molecule has 0 rings (SSSR count). The summed E-state index contributed by atoms with van der Waals surface area (Å²) in [5, 5.41) is 9.23. The van der Waals surface area contributed by atoms with E-state index >= 15 is 0 Å². The van der Waals surface area contributed by atoms with E-state index in [0.717, 1.165) is 19.3 Å². The van der Waals surface area contributed by atoms with Gasteiger partial charge < -0.3 is 5.11 Å². The Morgan fingerprint density at radius 3 is 2.73 bits per heavy atom. The van der Waals surface area contributed by atoms with Crippen molar-refractivity contribution in [1.82, 2.24) is 0 Å². The lowest BCUT2D eigenvalue weighted by Gasteiger charge is -2.12. The maximum absolute atomic E-state index is 9.85. The van der Waals surface area contributed by atoms with Crippen LogP contribution in [0.15, 0.2) is 6.08 Å². The largest absolute Gasteiger partial charge is 0.388 e. The summed E-state index contributed by atoms with van der Waals surface area (Å²) < 4.78 is 0. The van der Waals surface area contributed by atoms with Crippen LogP contribution in [-0.4, -0.2) is 17.2 Å². The molecule has 0 aromatic rings. The summed E-state index contributed by atoms with van der Waals surface area (Å²) >= 11 is 0. The van der Waals surface area contributed by atoms with E-state index in [2.05, 4.69) is 6.92 Å². The van der Waals surface area contributed by atoms with Crippen molar-refractivity contribution in [2.24, 2.45) is 5.92 Å². The van der Waals surface area contributed by atoms with Crippen LogP contribution in [0.25, 0.3) is 0 Å². The molecule has 2 unspecified atom stereocenters. The molecule has 0 heterocycles. The lowest BCUT2D eigenvalue weighted by Crippen LogP contribution is -2.14. The van der Waals surface area contributed by atoms with Gasteiger partial charge in [0.15, 0.2) is 0 Å². The fraction of sp³-hybridized carbons (Fsp3) is 0.778. The van der Waals surface area contributed by atoms with Gasteiger partial charge in [0.1, 0.15) is 5.94 Å². The molecule has 11 heavy (non-hydrogen) atoms. The molecule has 2 atom stereocenters.